The highest BCUT2D eigenvalue weighted by Gasteiger charge is 2.09. The summed E-state index contributed by atoms with van der Waals surface area (Å²) in [6.45, 7) is 4.95. The standard InChI is InChI=1S/C13H17BrN2/c1-3-5-6-7-13(16-4-2)11-8-12(14)10-15-9-11/h8-10,13,16H,4,6-7H2,1-2H3. The second-order valence-corrected chi connectivity index (χ2v) is 4.43. The van der Waals surface area contributed by atoms with E-state index in [4.69, 9.17) is 0 Å². The van der Waals surface area contributed by atoms with Crippen LogP contribution in [-0.4, -0.2) is 11.5 Å². The van der Waals surface area contributed by atoms with Crippen molar-refractivity contribution in [2.45, 2.75) is 32.7 Å². The predicted octanol–water partition coefficient (Wildman–Crippen LogP) is 3.30. The van der Waals surface area contributed by atoms with Gasteiger partial charge in [0.05, 0.1) is 0 Å². The molecule has 1 unspecified atom stereocenters. The van der Waals surface area contributed by atoms with Gasteiger partial charge in [-0.05, 0) is 47.4 Å². The highest BCUT2D eigenvalue weighted by Crippen LogP contribution is 2.20. The number of nitrogens with one attached hydrogen (secondary N) is 1. The Morgan fingerprint density at radius 3 is 2.94 bits per heavy atom. The normalized spacial score (nSPS) is 11.7. The smallest absolute Gasteiger partial charge is 0.0410 e. The van der Waals surface area contributed by atoms with Crippen molar-refractivity contribution in [2.75, 3.05) is 6.54 Å². The first-order chi connectivity index (χ1) is 7.77. The first kappa shape index (κ1) is 13.2. The molecular weight excluding hydrogens is 264 g/mol. The third-order valence-corrected chi connectivity index (χ3v) is 2.75. The zero-order valence-corrected chi connectivity index (χ0v) is 11.3. The van der Waals surface area contributed by atoms with Gasteiger partial charge < -0.3 is 5.32 Å². The van der Waals surface area contributed by atoms with Crippen LogP contribution in [0.4, 0.5) is 0 Å². The van der Waals surface area contributed by atoms with Gasteiger partial charge in [-0.25, -0.2) is 0 Å². The van der Waals surface area contributed by atoms with Gasteiger partial charge in [-0.15, -0.1) is 11.8 Å². The molecule has 1 atom stereocenters. The molecule has 1 N–H and O–H groups in total. The zero-order chi connectivity index (χ0) is 11.8. The summed E-state index contributed by atoms with van der Waals surface area (Å²) in [5.41, 5.74) is 1.22. The maximum atomic E-state index is 4.19. The minimum absolute atomic E-state index is 0.343. The van der Waals surface area contributed by atoms with E-state index >= 15 is 0 Å². The molecule has 0 fully saturated rings. The lowest BCUT2D eigenvalue weighted by molar-refractivity contribution is 0.521. The van der Waals surface area contributed by atoms with E-state index in [9.17, 15) is 0 Å². The number of nitrogens with zero attached hydrogens (tertiary/aromatic N) is 1. The maximum Gasteiger partial charge on any atom is 0.0410 e. The summed E-state index contributed by atoms with van der Waals surface area (Å²) < 4.78 is 1.02. The minimum atomic E-state index is 0.343. The third-order valence-electron chi connectivity index (χ3n) is 2.31. The molecule has 0 aliphatic heterocycles. The van der Waals surface area contributed by atoms with Crippen LogP contribution in [-0.2, 0) is 0 Å². The monoisotopic (exact) mass is 280 g/mol. The molecule has 16 heavy (non-hydrogen) atoms. The molecule has 1 aromatic rings. The fourth-order valence-electron chi connectivity index (χ4n) is 1.59. The molecule has 0 amide bonds. The van der Waals surface area contributed by atoms with E-state index in [-0.39, 0.29) is 0 Å². The van der Waals surface area contributed by atoms with E-state index < -0.39 is 0 Å². The van der Waals surface area contributed by atoms with Crippen molar-refractivity contribution in [1.82, 2.24) is 10.3 Å². The number of pyridine rings is 1. The maximum absolute atomic E-state index is 4.19. The lowest BCUT2D eigenvalue weighted by Crippen LogP contribution is -2.20. The molecule has 1 heterocycles. The number of aromatic nitrogens is 1. The molecule has 0 radical (unpaired) electrons. The van der Waals surface area contributed by atoms with Crippen molar-refractivity contribution < 1.29 is 0 Å². The number of hydrogen-bond acceptors (Lipinski definition) is 2. The topological polar surface area (TPSA) is 24.9 Å². The van der Waals surface area contributed by atoms with Gasteiger partial charge >= 0.3 is 0 Å². The van der Waals surface area contributed by atoms with Crippen molar-refractivity contribution in [1.29, 1.82) is 0 Å². The Kier molecular flexibility index (Phi) is 6.14. The van der Waals surface area contributed by atoms with Crippen LogP contribution < -0.4 is 5.32 Å². The number of hydrogen-bond donors (Lipinski definition) is 1. The molecule has 0 aliphatic carbocycles. The Morgan fingerprint density at radius 2 is 2.31 bits per heavy atom. The summed E-state index contributed by atoms with van der Waals surface area (Å²) in [4.78, 5) is 4.19. The summed E-state index contributed by atoms with van der Waals surface area (Å²) in [6.07, 6.45) is 5.66. The van der Waals surface area contributed by atoms with Gasteiger partial charge in [0.25, 0.3) is 0 Å². The van der Waals surface area contributed by atoms with E-state index in [1.807, 2.05) is 13.1 Å². The van der Waals surface area contributed by atoms with Crippen LogP contribution in [0.1, 0.15) is 38.3 Å². The van der Waals surface area contributed by atoms with Crippen LogP contribution in [0.15, 0.2) is 22.9 Å². The Balaban J connectivity index is 2.70. The first-order valence-corrected chi connectivity index (χ1v) is 6.30. The summed E-state index contributed by atoms with van der Waals surface area (Å²) in [6, 6.07) is 2.45. The van der Waals surface area contributed by atoms with Crippen LogP contribution in [0.2, 0.25) is 0 Å². The summed E-state index contributed by atoms with van der Waals surface area (Å²) in [7, 11) is 0. The Labute approximate surface area is 106 Å². The minimum Gasteiger partial charge on any atom is -0.310 e. The van der Waals surface area contributed by atoms with Crippen molar-refractivity contribution in [3.8, 4) is 11.8 Å². The van der Waals surface area contributed by atoms with Crippen LogP contribution in [0, 0.1) is 11.8 Å². The van der Waals surface area contributed by atoms with Crippen molar-refractivity contribution in [3.63, 3.8) is 0 Å². The Morgan fingerprint density at radius 1 is 1.50 bits per heavy atom. The third kappa shape index (κ3) is 4.34. The highest BCUT2D eigenvalue weighted by atomic mass is 79.9. The average molecular weight is 281 g/mol. The molecule has 1 aromatic heterocycles. The molecule has 0 saturated carbocycles. The highest BCUT2D eigenvalue weighted by molar-refractivity contribution is 9.10. The number of halogens is 1. The van der Waals surface area contributed by atoms with Gasteiger partial charge in [0, 0.05) is 29.3 Å². The fraction of sp³-hybridized carbons (Fsp3) is 0.462. The Bertz CT molecular complexity index is 379. The SMILES string of the molecule is CC#CCCC(NCC)c1cncc(Br)c1. The lowest BCUT2D eigenvalue weighted by Gasteiger charge is -2.16. The summed E-state index contributed by atoms with van der Waals surface area (Å²) >= 11 is 3.45. The second-order valence-electron chi connectivity index (χ2n) is 3.51. The van der Waals surface area contributed by atoms with Gasteiger partial charge in [-0.2, -0.15) is 0 Å². The van der Waals surface area contributed by atoms with E-state index in [0.717, 1.165) is 23.9 Å². The van der Waals surface area contributed by atoms with E-state index in [0.29, 0.717) is 6.04 Å². The van der Waals surface area contributed by atoms with Gasteiger partial charge in [0.15, 0.2) is 0 Å². The zero-order valence-electron chi connectivity index (χ0n) is 9.76. The molecule has 0 aliphatic rings. The van der Waals surface area contributed by atoms with Gasteiger partial charge in [-0.1, -0.05) is 6.92 Å². The van der Waals surface area contributed by atoms with E-state index in [2.05, 4.69) is 51.1 Å². The molecule has 1 rings (SSSR count). The predicted molar refractivity (Wildman–Crippen MR) is 71.0 cm³/mol. The van der Waals surface area contributed by atoms with Crippen LogP contribution in [0.5, 0.6) is 0 Å². The molecular formula is C13H17BrN2. The summed E-state index contributed by atoms with van der Waals surface area (Å²) in [5.74, 6) is 6.02. The van der Waals surface area contributed by atoms with Crippen LogP contribution >= 0.6 is 15.9 Å². The summed E-state index contributed by atoms with van der Waals surface area (Å²) in [5, 5.41) is 3.46. The molecule has 86 valence electrons. The number of rotatable bonds is 5. The van der Waals surface area contributed by atoms with Crippen molar-refractivity contribution >= 4 is 15.9 Å². The van der Waals surface area contributed by atoms with Gasteiger partial charge in [0.2, 0.25) is 0 Å². The van der Waals surface area contributed by atoms with Crippen LogP contribution in [0.3, 0.4) is 0 Å². The largest absolute Gasteiger partial charge is 0.310 e. The molecule has 0 saturated heterocycles. The molecule has 0 bridgehead atoms. The van der Waals surface area contributed by atoms with Gasteiger partial charge in [0.1, 0.15) is 0 Å². The van der Waals surface area contributed by atoms with Crippen molar-refractivity contribution in [2.24, 2.45) is 0 Å². The molecule has 0 aromatic carbocycles. The Hall–Kier alpha value is -0.850. The lowest BCUT2D eigenvalue weighted by atomic mass is 10.0. The van der Waals surface area contributed by atoms with E-state index in [1.165, 1.54) is 5.56 Å². The molecule has 0 spiro atoms. The quantitative estimate of drug-likeness (QED) is 0.838. The van der Waals surface area contributed by atoms with Gasteiger partial charge in [-0.3, -0.25) is 4.98 Å². The molecule has 2 nitrogen and oxygen atoms in total. The van der Waals surface area contributed by atoms with Crippen molar-refractivity contribution in [3.05, 3.63) is 28.5 Å². The second kappa shape index (κ2) is 7.43. The molecule has 3 heteroatoms. The van der Waals surface area contributed by atoms with Crippen LogP contribution in [0.25, 0.3) is 0 Å². The first-order valence-electron chi connectivity index (χ1n) is 5.51. The fourth-order valence-corrected chi connectivity index (χ4v) is 1.98. The van der Waals surface area contributed by atoms with E-state index in [1.54, 1.807) is 6.20 Å². The average Bonchev–Trinajstić information content (AvgIpc) is 2.28.